The number of hydrogen-bond acceptors (Lipinski definition) is 3. The molecule has 1 atom stereocenters. The zero-order valence-corrected chi connectivity index (χ0v) is 12.1. The average molecular weight is 271 g/mol. The standard InChI is InChI=1S/C13H21NO3S/c1-5-13(4,9-15)14-18(16,17)12-8-10(2)6-7-11(12)3/h6-8,14-15H,5,9H2,1-4H3. The van der Waals surface area contributed by atoms with E-state index in [1.54, 1.807) is 26.0 Å². The minimum Gasteiger partial charge on any atom is -0.394 e. The zero-order valence-electron chi connectivity index (χ0n) is 11.3. The van der Waals surface area contributed by atoms with Crippen LogP contribution in [0.15, 0.2) is 23.1 Å². The molecule has 18 heavy (non-hydrogen) atoms. The third-order valence-electron chi connectivity index (χ3n) is 3.14. The van der Waals surface area contributed by atoms with Gasteiger partial charge in [-0.1, -0.05) is 19.1 Å². The molecule has 0 saturated carbocycles. The Morgan fingerprint density at radius 1 is 1.33 bits per heavy atom. The first-order valence-electron chi connectivity index (χ1n) is 5.96. The van der Waals surface area contributed by atoms with E-state index in [1.165, 1.54) is 0 Å². The van der Waals surface area contributed by atoms with Gasteiger partial charge >= 0.3 is 0 Å². The maximum Gasteiger partial charge on any atom is 0.241 e. The Balaban J connectivity index is 3.18. The molecule has 0 spiro atoms. The normalized spacial score (nSPS) is 15.4. The fourth-order valence-corrected chi connectivity index (χ4v) is 3.39. The largest absolute Gasteiger partial charge is 0.394 e. The number of aryl methyl sites for hydroxylation is 2. The SMILES string of the molecule is CCC(C)(CO)NS(=O)(=O)c1cc(C)ccc1C. The Morgan fingerprint density at radius 2 is 1.94 bits per heavy atom. The molecule has 0 heterocycles. The van der Waals surface area contributed by atoms with E-state index in [9.17, 15) is 13.5 Å². The molecular formula is C13H21NO3S. The lowest BCUT2D eigenvalue weighted by Crippen LogP contribution is -2.48. The third kappa shape index (κ3) is 3.31. The quantitative estimate of drug-likeness (QED) is 0.857. The predicted molar refractivity (Wildman–Crippen MR) is 72.0 cm³/mol. The summed E-state index contributed by atoms with van der Waals surface area (Å²) in [5, 5.41) is 9.29. The van der Waals surface area contributed by atoms with Crippen LogP contribution < -0.4 is 4.72 Å². The van der Waals surface area contributed by atoms with Gasteiger partial charge in [0.1, 0.15) is 0 Å². The van der Waals surface area contributed by atoms with Gasteiger partial charge in [0.15, 0.2) is 0 Å². The van der Waals surface area contributed by atoms with Crippen molar-refractivity contribution in [1.29, 1.82) is 0 Å². The van der Waals surface area contributed by atoms with Crippen molar-refractivity contribution in [3.8, 4) is 0 Å². The molecule has 0 saturated heterocycles. The smallest absolute Gasteiger partial charge is 0.241 e. The third-order valence-corrected chi connectivity index (χ3v) is 4.92. The second-order valence-corrected chi connectivity index (χ2v) is 6.60. The van der Waals surface area contributed by atoms with Gasteiger partial charge in [-0.15, -0.1) is 0 Å². The summed E-state index contributed by atoms with van der Waals surface area (Å²) in [6.45, 7) is 6.91. The minimum absolute atomic E-state index is 0.229. The van der Waals surface area contributed by atoms with Crippen molar-refractivity contribution in [1.82, 2.24) is 4.72 Å². The molecule has 0 aliphatic heterocycles. The summed E-state index contributed by atoms with van der Waals surface area (Å²) in [5.41, 5.74) is 0.766. The lowest BCUT2D eigenvalue weighted by atomic mass is 10.0. The summed E-state index contributed by atoms with van der Waals surface area (Å²) in [6.07, 6.45) is 0.521. The van der Waals surface area contributed by atoms with Crippen LogP contribution in [0.25, 0.3) is 0 Å². The van der Waals surface area contributed by atoms with Crippen molar-refractivity contribution < 1.29 is 13.5 Å². The van der Waals surface area contributed by atoms with Gasteiger partial charge in [-0.3, -0.25) is 0 Å². The van der Waals surface area contributed by atoms with E-state index in [1.807, 2.05) is 19.9 Å². The van der Waals surface area contributed by atoms with Gasteiger partial charge < -0.3 is 5.11 Å². The van der Waals surface area contributed by atoms with E-state index in [-0.39, 0.29) is 11.5 Å². The fourth-order valence-electron chi connectivity index (χ4n) is 1.59. The highest BCUT2D eigenvalue weighted by atomic mass is 32.2. The Kier molecular flexibility index (Phi) is 4.53. The maximum absolute atomic E-state index is 12.3. The first-order valence-corrected chi connectivity index (χ1v) is 7.44. The molecule has 0 bridgehead atoms. The molecule has 0 aliphatic rings. The molecule has 2 N–H and O–H groups in total. The molecule has 1 aromatic carbocycles. The van der Waals surface area contributed by atoms with Gasteiger partial charge in [-0.05, 0) is 44.4 Å². The molecule has 1 rings (SSSR count). The fraction of sp³-hybridized carbons (Fsp3) is 0.538. The Bertz CT molecular complexity index is 519. The zero-order chi connectivity index (χ0) is 14.0. The van der Waals surface area contributed by atoms with Crippen LogP contribution in [0.2, 0.25) is 0 Å². The molecule has 1 aromatic rings. The Labute approximate surface area is 109 Å². The predicted octanol–water partition coefficient (Wildman–Crippen LogP) is 1.74. The summed E-state index contributed by atoms with van der Waals surface area (Å²) < 4.78 is 27.2. The van der Waals surface area contributed by atoms with Gasteiger partial charge in [0.2, 0.25) is 10.0 Å². The van der Waals surface area contributed by atoms with Gasteiger partial charge in [-0.2, -0.15) is 0 Å². The van der Waals surface area contributed by atoms with Gasteiger partial charge in [0, 0.05) is 0 Å². The highest BCUT2D eigenvalue weighted by Gasteiger charge is 2.29. The van der Waals surface area contributed by atoms with Crippen molar-refractivity contribution in [2.75, 3.05) is 6.61 Å². The topological polar surface area (TPSA) is 66.4 Å². The van der Waals surface area contributed by atoms with Gasteiger partial charge in [-0.25, -0.2) is 13.1 Å². The summed E-state index contributed by atoms with van der Waals surface area (Å²) in [5.74, 6) is 0. The summed E-state index contributed by atoms with van der Waals surface area (Å²) in [7, 11) is -3.61. The highest BCUT2D eigenvalue weighted by molar-refractivity contribution is 7.89. The number of aliphatic hydroxyl groups is 1. The number of rotatable bonds is 5. The Morgan fingerprint density at radius 3 is 2.44 bits per heavy atom. The van der Waals surface area contributed by atoms with E-state index >= 15 is 0 Å². The van der Waals surface area contributed by atoms with Crippen molar-refractivity contribution in [3.05, 3.63) is 29.3 Å². The molecule has 4 nitrogen and oxygen atoms in total. The number of nitrogens with one attached hydrogen (secondary N) is 1. The van der Waals surface area contributed by atoms with Crippen LogP contribution in [0.1, 0.15) is 31.4 Å². The molecule has 0 amide bonds. The van der Waals surface area contributed by atoms with Crippen LogP contribution in [0.4, 0.5) is 0 Å². The van der Waals surface area contributed by atoms with Crippen LogP contribution in [0.5, 0.6) is 0 Å². The molecule has 5 heteroatoms. The monoisotopic (exact) mass is 271 g/mol. The van der Waals surface area contributed by atoms with Crippen LogP contribution in [-0.4, -0.2) is 25.7 Å². The first-order chi connectivity index (χ1) is 8.24. The van der Waals surface area contributed by atoms with Gasteiger partial charge in [0.25, 0.3) is 0 Å². The van der Waals surface area contributed by atoms with Crippen LogP contribution in [0, 0.1) is 13.8 Å². The van der Waals surface area contributed by atoms with E-state index in [0.29, 0.717) is 12.0 Å². The number of benzene rings is 1. The van der Waals surface area contributed by atoms with Crippen LogP contribution in [-0.2, 0) is 10.0 Å². The lowest BCUT2D eigenvalue weighted by molar-refractivity contribution is 0.191. The van der Waals surface area contributed by atoms with Crippen molar-refractivity contribution in [2.24, 2.45) is 0 Å². The Hall–Kier alpha value is -0.910. The molecule has 0 aromatic heterocycles. The summed E-state index contributed by atoms with van der Waals surface area (Å²) >= 11 is 0. The molecule has 0 radical (unpaired) electrons. The van der Waals surface area contributed by atoms with E-state index in [4.69, 9.17) is 0 Å². The van der Waals surface area contributed by atoms with Gasteiger partial charge in [0.05, 0.1) is 17.0 Å². The van der Waals surface area contributed by atoms with Crippen LogP contribution >= 0.6 is 0 Å². The molecule has 0 aliphatic carbocycles. The second-order valence-electron chi connectivity index (χ2n) is 4.95. The van der Waals surface area contributed by atoms with Crippen molar-refractivity contribution >= 4 is 10.0 Å². The highest BCUT2D eigenvalue weighted by Crippen LogP contribution is 2.20. The van der Waals surface area contributed by atoms with E-state index in [0.717, 1.165) is 5.56 Å². The minimum atomic E-state index is -3.61. The maximum atomic E-state index is 12.3. The average Bonchev–Trinajstić information content (AvgIpc) is 2.31. The summed E-state index contributed by atoms with van der Waals surface area (Å²) in [6, 6.07) is 5.30. The summed E-state index contributed by atoms with van der Waals surface area (Å²) in [4.78, 5) is 0.274. The molecule has 102 valence electrons. The van der Waals surface area contributed by atoms with E-state index in [2.05, 4.69) is 4.72 Å². The van der Waals surface area contributed by atoms with Crippen molar-refractivity contribution in [2.45, 2.75) is 44.6 Å². The molecular weight excluding hydrogens is 250 g/mol. The van der Waals surface area contributed by atoms with Crippen LogP contribution in [0.3, 0.4) is 0 Å². The molecule has 1 unspecified atom stereocenters. The second kappa shape index (κ2) is 5.38. The lowest BCUT2D eigenvalue weighted by Gasteiger charge is -2.27. The number of aliphatic hydroxyl groups excluding tert-OH is 1. The van der Waals surface area contributed by atoms with E-state index < -0.39 is 15.6 Å². The first kappa shape index (κ1) is 15.1. The number of hydrogen-bond donors (Lipinski definition) is 2. The number of sulfonamides is 1. The molecule has 0 fully saturated rings. The van der Waals surface area contributed by atoms with Crippen molar-refractivity contribution in [3.63, 3.8) is 0 Å².